The maximum Gasteiger partial charge on any atom is 0.326 e. The number of carbonyl (C=O) groups is 2. The molecule has 3 aliphatic heterocycles. The first-order valence-electron chi connectivity index (χ1n) is 13.1. The summed E-state index contributed by atoms with van der Waals surface area (Å²) in [6.07, 6.45) is 1.84. The van der Waals surface area contributed by atoms with Crippen LogP contribution in [0.15, 0.2) is 30.3 Å². The smallest absolute Gasteiger partial charge is 0.326 e. The van der Waals surface area contributed by atoms with E-state index in [1.807, 2.05) is 6.07 Å². The van der Waals surface area contributed by atoms with Gasteiger partial charge in [-0.2, -0.15) is 0 Å². The summed E-state index contributed by atoms with van der Waals surface area (Å²) in [6, 6.07) is 8.26. The van der Waals surface area contributed by atoms with E-state index < -0.39 is 18.0 Å². The number of likely N-dealkylation sites (tertiary alicyclic amines) is 1. The molecule has 0 bridgehead atoms. The Hall–Kier alpha value is -3.28. The summed E-state index contributed by atoms with van der Waals surface area (Å²) in [5, 5.41) is 9.32. The first-order chi connectivity index (χ1) is 18.4. The van der Waals surface area contributed by atoms with Gasteiger partial charge in [-0.15, -0.1) is 0 Å². The molecule has 3 fully saturated rings. The number of methoxy groups -OCH3 is 1. The van der Waals surface area contributed by atoms with Gasteiger partial charge in [0.25, 0.3) is 0 Å². The van der Waals surface area contributed by atoms with Crippen LogP contribution in [-0.2, 0) is 17.8 Å². The van der Waals surface area contributed by atoms with Crippen LogP contribution < -0.4 is 20.5 Å². The molecular formula is C27H35FN6O4. The Balaban J connectivity index is 1.46. The van der Waals surface area contributed by atoms with Crippen molar-refractivity contribution in [3.63, 3.8) is 0 Å². The van der Waals surface area contributed by atoms with Crippen molar-refractivity contribution in [2.75, 3.05) is 51.3 Å². The van der Waals surface area contributed by atoms with E-state index in [-0.39, 0.29) is 18.5 Å². The van der Waals surface area contributed by atoms with Crippen LogP contribution in [0.5, 0.6) is 5.75 Å². The predicted octanol–water partition coefficient (Wildman–Crippen LogP) is 1.78. The second-order valence-electron chi connectivity index (χ2n) is 10.2. The number of aryl methyl sites for hydroxylation is 1. The van der Waals surface area contributed by atoms with E-state index in [4.69, 9.17) is 9.72 Å². The van der Waals surface area contributed by atoms with Gasteiger partial charge in [-0.05, 0) is 48.6 Å². The number of piperidine rings is 1. The lowest BCUT2D eigenvalue weighted by atomic mass is 9.86. The first kappa shape index (κ1) is 26.3. The highest BCUT2D eigenvalue weighted by atomic mass is 19.1. The van der Waals surface area contributed by atoms with Crippen LogP contribution in [0.4, 0.5) is 15.0 Å². The number of anilines is 1. The number of halogens is 1. The van der Waals surface area contributed by atoms with Gasteiger partial charge < -0.3 is 19.6 Å². The van der Waals surface area contributed by atoms with Gasteiger partial charge in [-0.25, -0.2) is 14.2 Å². The van der Waals surface area contributed by atoms with Crippen LogP contribution in [0.2, 0.25) is 0 Å². The third-order valence-electron chi connectivity index (χ3n) is 8.04. The van der Waals surface area contributed by atoms with Gasteiger partial charge in [0.1, 0.15) is 24.0 Å². The second kappa shape index (κ2) is 10.8. The minimum atomic E-state index is -0.561. The number of nitrogens with zero attached hydrogens (tertiary/aromatic N) is 4. The molecule has 3 amide bonds. The summed E-state index contributed by atoms with van der Waals surface area (Å²) in [5.74, 6) is 0.563. The van der Waals surface area contributed by atoms with Gasteiger partial charge in [0.2, 0.25) is 5.91 Å². The van der Waals surface area contributed by atoms with Crippen molar-refractivity contribution in [3.8, 4) is 5.75 Å². The van der Waals surface area contributed by atoms with Crippen molar-refractivity contribution < 1.29 is 23.8 Å². The van der Waals surface area contributed by atoms with E-state index in [0.717, 1.165) is 25.2 Å². The molecule has 38 heavy (non-hydrogen) atoms. The number of aromatic nitrogens is 1. The van der Waals surface area contributed by atoms with E-state index in [1.54, 1.807) is 20.8 Å². The number of nitrogens with one attached hydrogen (secondary N) is 2. The molecule has 4 heterocycles. The summed E-state index contributed by atoms with van der Waals surface area (Å²) >= 11 is 0. The number of rotatable bonds is 7. The summed E-state index contributed by atoms with van der Waals surface area (Å²) in [7, 11) is 1.48. The molecule has 3 N–H and O–H groups in total. The van der Waals surface area contributed by atoms with Crippen LogP contribution in [0.25, 0.3) is 0 Å². The Morgan fingerprint density at radius 3 is 2.61 bits per heavy atom. The highest BCUT2D eigenvalue weighted by Gasteiger charge is 2.52. The third-order valence-corrected chi connectivity index (χ3v) is 8.04. The molecule has 204 valence electrons. The third kappa shape index (κ3) is 4.93. The fourth-order valence-electron chi connectivity index (χ4n) is 5.91. The minimum Gasteiger partial charge on any atom is -0.497 e. The number of ether oxygens (including phenoxy) is 1. The van der Waals surface area contributed by atoms with E-state index in [9.17, 15) is 19.1 Å². The Labute approximate surface area is 221 Å². The average molecular weight is 527 g/mol. The fraction of sp³-hybridized carbons (Fsp3) is 0.519. The van der Waals surface area contributed by atoms with Gasteiger partial charge in [-0.1, -0.05) is 13.0 Å². The molecular weight excluding hydrogens is 491 g/mol. The number of hydrogen-bond acceptors (Lipinski definition) is 7. The van der Waals surface area contributed by atoms with E-state index >= 15 is 0 Å². The van der Waals surface area contributed by atoms with Crippen LogP contribution in [0.3, 0.4) is 0 Å². The molecule has 0 unspecified atom stereocenters. The molecule has 5 rings (SSSR count). The summed E-state index contributed by atoms with van der Waals surface area (Å²) in [5.41, 5.74) is 8.55. The topological polar surface area (TPSA) is 110 Å². The normalized spacial score (nSPS) is 19.6. The van der Waals surface area contributed by atoms with Gasteiger partial charge in [0, 0.05) is 50.4 Å². The number of amides is 3. The highest BCUT2D eigenvalue weighted by molar-refractivity contribution is 5.94. The zero-order valence-electron chi connectivity index (χ0n) is 21.9. The number of carbonyl (C=O) groups excluding carboxylic acids is 2. The molecule has 2 aromatic rings. The van der Waals surface area contributed by atoms with Crippen molar-refractivity contribution in [3.05, 3.63) is 53.0 Å². The van der Waals surface area contributed by atoms with Gasteiger partial charge in [0.15, 0.2) is 0 Å². The van der Waals surface area contributed by atoms with Crippen molar-refractivity contribution >= 4 is 17.8 Å². The number of hydrogen-bond donors (Lipinski definition) is 3. The molecule has 0 atom stereocenters. The lowest BCUT2D eigenvalue weighted by molar-refractivity contribution is -0.136. The molecule has 0 saturated carbocycles. The van der Waals surface area contributed by atoms with Gasteiger partial charge in [0.05, 0.1) is 19.2 Å². The molecule has 11 heteroatoms. The van der Waals surface area contributed by atoms with Crippen LogP contribution >= 0.6 is 0 Å². The van der Waals surface area contributed by atoms with E-state index in [2.05, 4.69) is 23.8 Å². The van der Waals surface area contributed by atoms with E-state index in [0.29, 0.717) is 55.5 Å². The quantitative estimate of drug-likeness (QED) is 0.505. The SMILES string of the molecule is CCc1nc(N2CC3(CCN(C(=O)CO)CC3)N(Cc3cc(F)cc(OC)c3)C2=O)ccc1C1CNNC1. The Bertz CT molecular complexity index is 1200. The first-order valence-corrected chi connectivity index (χ1v) is 13.1. The number of urea groups is 1. The van der Waals surface area contributed by atoms with Crippen molar-refractivity contribution in [1.29, 1.82) is 0 Å². The fourth-order valence-corrected chi connectivity index (χ4v) is 5.91. The van der Waals surface area contributed by atoms with Crippen molar-refractivity contribution in [1.82, 2.24) is 25.6 Å². The maximum absolute atomic E-state index is 14.3. The highest BCUT2D eigenvalue weighted by Crippen LogP contribution is 2.40. The van der Waals surface area contributed by atoms with Crippen LogP contribution in [0.1, 0.15) is 42.5 Å². The lowest BCUT2D eigenvalue weighted by Crippen LogP contribution is -2.55. The number of hydrazine groups is 1. The number of aliphatic hydroxyl groups excluding tert-OH is 1. The maximum atomic E-state index is 14.3. The van der Waals surface area contributed by atoms with Crippen molar-refractivity contribution in [2.24, 2.45) is 0 Å². The molecule has 3 aliphatic rings. The second-order valence-corrected chi connectivity index (χ2v) is 10.2. The molecule has 1 aromatic carbocycles. The summed E-state index contributed by atoms with van der Waals surface area (Å²) in [4.78, 5) is 36.2. The minimum absolute atomic E-state index is 0.193. The molecule has 0 radical (unpaired) electrons. The molecule has 1 spiro atoms. The average Bonchev–Trinajstić information content (AvgIpc) is 3.56. The molecule has 0 aliphatic carbocycles. The van der Waals surface area contributed by atoms with Crippen LogP contribution in [-0.4, -0.2) is 83.8 Å². The Kier molecular flexibility index (Phi) is 7.51. The Morgan fingerprint density at radius 1 is 1.21 bits per heavy atom. The number of pyridine rings is 1. The van der Waals surface area contributed by atoms with Crippen molar-refractivity contribution in [2.45, 2.75) is 44.2 Å². The lowest BCUT2D eigenvalue weighted by Gasteiger charge is -2.43. The summed E-state index contributed by atoms with van der Waals surface area (Å²) < 4.78 is 19.6. The molecule has 1 aromatic heterocycles. The largest absolute Gasteiger partial charge is 0.497 e. The molecule has 10 nitrogen and oxygen atoms in total. The Morgan fingerprint density at radius 2 is 1.95 bits per heavy atom. The predicted molar refractivity (Wildman–Crippen MR) is 139 cm³/mol. The van der Waals surface area contributed by atoms with Gasteiger partial charge in [-0.3, -0.25) is 20.5 Å². The molecule has 3 saturated heterocycles. The number of aliphatic hydroxyl groups is 1. The standard InChI is InChI=1S/C27H35FN6O4/c1-3-23-22(19-13-29-30-14-19)4-5-24(31-23)33-17-27(6-8-32(9-7-27)25(36)16-35)34(26(33)37)15-18-10-20(28)12-21(11-18)38-2/h4-5,10-12,19,29-30,35H,3,6-9,13-17H2,1-2H3. The van der Waals surface area contributed by atoms with Gasteiger partial charge >= 0.3 is 6.03 Å². The zero-order valence-corrected chi connectivity index (χ0v) is 21.9. The summed E-state index contributed by atoms with van der Waals surface area (Å²) in [6.45, 7) is 4.66. The van der Waals surface area contributed by atoms with E-state index in [1.165, 1.54) is 24.8 Å². The monoisotopic (exact) mass is 526 g/mol. The zero-order chi connectivity index (χ0) is 26.9. The van der Waals surface area contributed by atoms with Crippen LogP contribution in [0, 0.1) is 5.82 Å². The number of benzene rings is 1.